The van der Waals surface area contributed by atoms with Gasteiger partial charge in [-0.1, -0.05) is 43.2 Å². The number of piperidine rings is 1. The number of likely N-dealkylation sites (tertiary alicyclic amines) is 1. The summed E-state index contributed by atoms with van der Waals surface area (Å²) in [6.07, 6.45) is 6.83. The Labute approximate surface area is 133 Å². The Bertz CT molecular complexity index is 476. The molecule has 120 valence electrons. The van der Waals surface area contributed by atoms with E-state index in [0.29, 0.717) is 12.1 Å². The molecule has 2 amide bonds. The van der Waals surface area contributed by atoms with Crippen molar-refractivity contribution in [1.82, 2.24) is 9.80 Å². The predicted molar refractivity (Wildman–Crippen MR) is 88.4 cm³/mol. The van der Waals surface area contributed by atoms with E-state index in [9.17, 15) is 4.79 Å². The van der Waals surface area contributed by atoms with E-state index < -0.39 is 0 Å². The summed E-state index contributed by atoms with van der Waals surface area (Å²) in [6.45, 7) is 3.11. The first kappa shape index (κ1) is 15.3. The number of urea groups is 1. The van der Waals surface area contributed by atoms with Gasteiger partial charge in [0.1, 0.15) is 0 Å². The van der Waals surface area contributed by atoms with Crippen LogP contribution in [-0.2, 0) is 6.54 Å². The van der Waals surface area contributed by atoms with Gasteiger partial charge in [-0.2, -0.15) is 0 Å². The third kappa shape index (κ3) is 3.61. The molecule has 1 saturated heterocycles. The van der Waals surface area contributed by atoms with Crippen LogP contribution in [0, 0.1) is 0 Å². The highest BCUT2D eigenvalue weighted by molar-refractivity contribution is 5.72. The summed E-state index contributed by atoms with van der Waals surface area (Å²) in [5.74, 6) is 0. The van der Waals surface area contributed by atoms with Crippen LogP contribution in [0.1, 0.15) is 44.1 Å². The lowest BCUT2D eigenvalue weighted by molar-refractivity contribution is 0.0975. The van der Waals surface area contributed by atoms with Crippen LogP contribution in [0.4, 0.5) is 4.79 Å². The first-order valence-corrected chi connectivity index (χ1v) is 8.58. The highest BCUT2D eigenvalue weighted by Crippen LogP contribution is 2.28. The second-order valence-corrected chi connectivity index (χ2v) is 6.68. The smallest absolute Gasteiger partial charge is 0.315 e. The highest BCUT2D eigenvalue weighted by Gasteiger charge is 2.33. The summed E-state index contributed by atoms with van der Waals surface area (Å²) in [7, 11) is 0. The second-order valence-electron chi connectivity index (χ2n) is 6.68. The van der Waals surface area contributed by atoms with Gasteiger partial charge in [0.2, 0.25) is 0 Å². The van der Waals surface area contributed by atoms with E-state index in [0.717, 1.165) is 45.3 Å². The molecule has 4 nitrogen and oxygen atoms in total. The zero-order chi connectivity index (χ0) is 15.4. The molecule has 0 aromatic heterocycles. The molecule has 4 heteroatoms. The first-order chi connectivity index (χ1) is 10.7. The number of hydrogen-bond acceptors (Lipinski definition) is 2. The number of nitrogens with two attached hydrogens (primary N) is 1. The molecule has 0 radical (unpaired) electrons. The molecule has 0 bridgehead atoms. The molecule has 2 aliphatic rings. The maximum Gasteiger partial charge on any atom is 0.315 e. The topological polar surface area (TPSA) is 49.6 Å². The molecule has 1 aromatic rings. The normalized spacial score (nSPS) is 21.1. The van der Waals surface area contributed by atoms with Crippen molar-refractivity contribution < 1.29 is 4.79 Å². The van der Waals surface area contributed by atoms with Crippen molar-refractivity contribution in [1.29, 1.82) is 0 Å². The Morgan fingerprint density at radius 1 is 1.05 bits per heavy atom. The van der Waals surface area contributed by atoms with Crippen LogP contribution in [0.25, 0.3) is 0 Å². The fourth-order valence-electron chi connectivity index (χ4n) is 4.04. The van der Waals surface area contributed by atoms with Gasteiger partial charge in [-0.15, -0.1) is 0 Å². The fourth-order valence-corrected chi connectivity index (χ4v) is 4.04. The SMILES string of the molecule is NC(=O)N(C1CCCC1)C1CCN(Cc2ccccc2)CC1. The number of nitrogens with zero attached hydrogens (tertiary/aromatic N) is 2. The number of hydrogen-bond donors (Lipinski definition) is 1. The van der Waals surface area contributed by atoms with E-state index >= 15 is 0 Å². The zero-order valence-electron chi connectivity index (χ0n) is 13.3. The van der Waals surface area contributed by atoms with Gasteiger partial charge in [0, 0.05) is 31.7 Å². The van der Waals surface area contributed by atoms with Crippen LogP contribution < -0.4 is 5.73 Å². The van der Waals surface area contributed by atoms with Gasteiger partial charge in [0.25, 0.3) is 0 Å². The molecule has 1 aromatic carbocycles. The van der Waals surface area contributed by atoms with Crippen LogP contribution in [0.5, 0.6) is 0 Å². The number of carbonyl (C=O) groups is 1. The van der Waals surface area contributed by atoms with Crippen molar-refractivity contribution in [3.63, 3.8) is 0 Å². The van der Waals surface area contributed by atoms with Crippen molar-refractivity contribution >= 4 is 6.03 Å². The van der Waals surface area contributed by atoms with Crippen LogP contribution in [0.3, 0.4) is 0 Å². The Morgan fingerprint density at radius 2 is 1.64 bits per heavy atom. The maximum atomic E-state index is 11.9. The number of amides is 2. The van der Waals surface area contributed by atoms with E-state index in [2.05, 4.69) is 35.2 Å². The molecule has 0 unspecified atom stereocenters. The van der Waals surface area contributed by atoms with Crippen molar-refractivity contribution in [2.45, 2.75) is 57.2 Å². The summed E-state index contributed by atoms with van der Waals surface area (Å²) in [6, 6.07) is 11.1. The summed E-state index contributed by atoms with van der Waals surface area (Å²) in [5.41, 5.74) is 7.04. The van der Waals surface area contributed by atoms with E-state index in [1.54, 1.807) is 0 Å². The van der Waals surface area contributed by atoms with Gasteiger partial charge in [0.05, 0.1) is 0 Å². The molecule has 1 aliphatic carbocycles. The molecule has 1 heterocycles. The van der Waals surface area contributed by atoms with Crippen LogP contribution in [0.2, 0.25) is 0 Å². The lowest BCUT2D eigenvalue weighted by atomic mass is 10.00. The summed E-state index contributed by atoms with van der Waals surface area (Å²) < 4.78 is 0. The molecule has 22 heavy (non-hydrogen) atoms. The van der Waals surface area contributed by atoms with Gasteiger partial charge in [0.15, 0.2) is 0 Å². The van der Waals surface area contributed by atoms with E-state index in [1.165, 1.54) is 18.4 Å². The summed E-state index contributed by atoms with van der Waals surface area (Å²) in [4.78, 5) is 16.4. The van der Waals surface area contributed by atoms with Crippen LogP contribution >= 0.6 is 0 Å². The second kappa shape index (κ2) is 7.14. The number of benzene rings is 1. The predicted octanol–water partition coefficient (Wildman–Crippen LogP) is 2.97. The third-order valence-corrected chi connectivity index (χ3v) is 5.17. The van der Waals surface area contributed by atoms with Gasteiger partial charge in [-0.3, -0.25) is 4.90 Å². The lowest BCUT2D eigenvalue weighted by Gasteiger charge is -2.40. The zero-order valence-corrected chi connectivity index (χ0v) is 13.3. The molecule has 2 N–H and O–H groups in total. The highest BCUT2D eigenvalue weighted by atomic mass is 16.2. The molecule has 0 spiro atoms. The molecule has 2 fully saturated rings. The summed E-state index contributed by atoms with van der Waals surface area (Å²) in [5, 5.41) is 0. The number of rotatable bonds is 4. The van der Waals surface area contributed by atoms with Crippen molar-refractivity contribution in [3.8, 4) is 0 Å². The lowest BCUT2D eigenvalue weighted by Crippen LogP contribution is -2.52. The molecule has 0 atom stereocenters. The average Bonchev–Trinajstić information content (AvgIpc) is 3.04. The Balaban J connectivity index is 1.54. The first-order valence-electron chi connectivity index (χ1n) is 8.58. The fraction of sp³-hybridized carbons (Fsp3) is 0.611. The summed E-state index contributed by atoms with van der Waals surface area (Å²) >= 11 is 0. The monoisotopic (exact) mass is 301 g/mol. The Morgan fingerprint density at radius 3 is 2.23 bits per heavy atom. The van der Waals surface area contributed by atoms with Crippen molar-refractivity contribution in [2.24, 2.45) is 5.73 Å². The Kier molecular flexibility index (Phi) is 4.98. The maximum absolute atomic E-state index is 11.9. The van der Waals surface area contributed by atoms with E-state index in [-0.39, 0.29) is 6.03 Å². The minimum atomic E-state index is -0.214. The molecule has 3 rings (SSSR count). The minimum Gasteiger partial charge on any atom is -0.351 e. The largest absolute Gasteiger partial charge is 0.351 e. The van der Waals surface area contributed by atoms with Gasteiger partial charge >= 0.3 is 6.03 Å². The Hall–Kier alpha value is -1.55. The molecular formula is C18H27N3O. The molecular weight excluding hydrogens is 274 g/mol. The van der Waals surface area contributed by atoms with Crippen molar-refractivity contribution in [3.05, 3.63) is 35.9 Å². The van der Waals surface area contributed by atoms with Gasteiger partial charge < -0.3 is 10.6 Å². The van der Waals surface area contributed by atoms with Gasteiger partial charge in [-0.25, -0.2) is 4.79 Å². The van der Waals surface area contributed by atoms with Gasteiger partial charge in [-0.05, 0) is 31.2 Å². The quantitative estimate of drug-likeness (QED) is 0.929. The standard InChI is InChI=1S/C18H27N3O/c19-18(22)21(16-8-4-5-9-16)17-10-12-20(13-11-17)14-15-6-2-1-3-7-15/h1-3,6-7,16-17H,4-5,8-14H2,(H2,19,22). The number of primary amides is 1. The molecule has 1 saturated carbocycles. The van der Waals surface area contributed by atoms with Crippen LogP contribution in [-0.4, -0.2) is 41.0 Å². The van der Waals surface area contributed by atoms with E-state index in [1.807, 2.05) is 4.90 Å². The number of carbonyl (C=O) groups excluding carboxylic acids is 1. The van der Waals surface area contributed by atoms with Crippen molar-refractivity contribution in [2.75, 3.05) is 13.1 Å². The molecule has 1 aliphatic heterocycles. The van der Waals surface area contributed by atoms with E-state index in [4.69, 9.17) is 5.73 Å². The third-order valence-electron chi connectivity index (χ3n) is 5.17. The van der Waals surface area contributed by atoms with Crippen LogP contribution in [0.15, 0.2) is 30.3 Å². The average molecular weight is 301 g/mol. The minimum absolute atomic E-state index is 0.214.